The highest BCUT2D eigenvalue weighted by Crippen LogP contribution is 2.34. The Morgan fingerprint density at radius 3 is 2.84 bits per heavy atom. The van der Waals surface area contributed by atoms with Crippen LogP contribution in [-0.2, 0) is 16.0 Å². The van der Waals surface area contributed by atoms with Crippen LogP contribution in [0.4, 0.5) is 9.52 Å². The number of carbonyl (C=O) groups is 1. The van der Waals surface area contributed by atoms with E-state index in [4.69, 9.17) is 14.2 Å². The first kappa shape index (κ1) is 21.1. The minimum Gasteiger partial charge on any atom is -0.454 e. The minimum atomic E-state index is -0.374. The lowest BCUT2D eigenvalue weighted by Gasteiger charge is -2.27. The van der Waals surface area contributed by atoms with Gasteiger partial charge in [0.1, 0.15) is 11.3 Å². The van der Waals surface area contributed by atoms with E-state index in [1.54, 1.807) is 11.0 Å². The van der Waals surface area contributed by atoms with Crippen LogP contribution in [-0.4, -0.2) is 62.0 Å². The molecule has 7 nitrogen and oxygen atoms in total. The highest BCUT2D eigenvalue weighted by atomic mass is 32.1. The molecule has 0 aliphatic carbocycles. The number of benzene rings is 2. The highest BCUT2D eigenvalue weighted by molar-refractivity contribution is 7.22. The molecule has 168 valence electrons. The summed E-state index contributed by atoms with van der Waals surface area (Å²) < 4.78 is 31.2. The Labute approximate surface area is 189 Å². The molecule has 2 aliphatic heterocycles. The van der Waals surface area contributed by atoms with Gasteiger partial charge in [0, 0.05) is 26.2 Å². The third-order valence-corrected chi connectivity index (χ3v) is 6.69. The molecular weight excluding hydrogens is 433 g/mol. The molecule has 1 fully saturated rings. The standard InChI is InChI=1S/C23H24FN3O4S/c24-17-3-1-4-20-22(17)25-23(32-20)27(8-2-7-26-9-11-29-12-10-26)21(28)14-16-5-6-18-19(13-16)31-15-30-18/h1,3-6,13H,2,7-12,14-15H2. The number of anilines is 1. The van der Waals surface area contributed by atoms with Gasteiger partial charge in [-0.15, -0.1) is 0 Å². The van der Waals surface area contributed by atoms with E-state index in [1.807, 2.05) is 24.3 Å². The Balaban J connectivity index is 1.35. The average Bonchev–Trinajstić information content (AvgIpc) is 3.44. The largest absolute Gasteiger partial charge is 0.454 e. The summed E-state index contributed by atoms with van der Waals surface area (Å²) in [6, 6.07) is 10.4. The van der Waals surface area contributed by atoms with Crippen LogP contribution in [0.2, 0.25) is 0 Å². The molecule has 3 heterocycles. The summed E-state index contributed by atoms with van der Waals surface area (Å²) in [6.07, 6.45) is 0.998. The second-order valence-electron chi connectivity index (χ2n) is 7.80. The first-order chi connectivity index (χ1) is 15.7. The Bertz CT molecular complexity index is 1120. The van der Waals surface area contributed by atoms with E-state index in [0.29, 0.717) is 28.7 Å². The van der Waals surface area contributed by atoms with Gasteiger partial charge in [-0.1, -0.05) is 23.5 Å². The van der Waals surface area contributed by atoms with Crippen molar-refractivity contribution in [3.63, 3.8) is 0 Å². The molecular formula is C23H24FN3O4S. The molecule has 0 spiro atoms. The molecule has 1 amide bonds. The number of ether oxygens (including phenoxy) is 3. The summed E-state index contributed by atoms with van der Waals surface area (Å²) in [5.41, 5.74) is 1.14. The molecule has 0 bridgehead atoms. The van der Waals surface area contributed by atoms with Crippen molar-refractivity contribution in [3.8, 4) is 11.5 Å². The van der Waals surface area contributed by atoms with Crippen molar-refractivity contribution in [2.45, 2.75) is 12.8 Å². The van der Waals surface area contributed by atoms with Gasteiger partial charge in [-0.25, -0.2) is 9.37 Å². The van der Waals surface area contributed by atoms with Crippen LogP contribution >= 0.6 is 11.3 Å². The number of para-hydroxylation sites is 1. The molecule has 0 radical (unpaired) electrons. The van der Waals surface area contributed by atoms with Crippen molar-refractivity contribution in [2.24, 2.45) is 0 Å². The summed E-state index contributed by atoms with van der Waals surface area (Å²) in [7, 11) is 0. The fraction of sp³-hybridized carbons (Fsp3) is 0.391. The number of rotatable bonds is 7. The van der Waals surface area contributed by atoms with Gasteiger partial charge in [-0.2, -0.15) is 0 Å². The van der Waals surface area contributed by atoms with E-state index in [2.05, 4.69) is 9.88 Å². The van der Waals surface area contributed by atoms with Crippen molar-refractivity contribution in [2.75, 3.05) is 51.1 Å². The van der Waals surface area contributed by atoms with Crippen LogP contribution in [0.3, 0.4) is 0 Å². The van der Waals surface area contributed by atoms with E-state index in [9.17, 15) is 9.18 Å². The Hall–Kier alpha value is -2.75. The molecule has 2 aromatic carbocycles. The zero-order chi connectivity index (χ0) is 21.9. The first-order valence-corrected chi connectivity index (χ1v) is 11.5. The maximum atomic E-state index is 14.2. The lowest BCUT2D eigenvalue weighted by molar-refractivity contribution is -0.118. The molecule has 5 rings (SSSR count). The number of nitrogens with zero attached hydrogens (tertiary/aromatic N) is 3. The van der Waals surface area contributed by atoms with Gasteiger partial charge in [0.2, 0.25) is 12.7 Å². The van der Waals surface area contributed by atoms with Crippen LogP contribution in [0, 0.1) is 5.82 Å². The molecule has 0 unspecified atom stereocenters. The maximum absolute atomic E-state index is 14.2. The number of amides is 1. The highest BCUT2D eigenvalue weighted by Gasteiger charge is 2.23. The summed E-state index contributed by atoms with van der Waals surface area (Å²) in [5.74, 6) is 0.883. The number of thiazole rings is 1. The van der Waals surface area contributed by atoms with E-state index in [0.717, 1.165) is 49.5 Å². The number of carbonyl (C=O) groups excluding carboxylic acids is 1. The average molecular weight is 458 g/mol. The fourth-order valence-corrected chi connectivity index (χ4v) is 4.97. The molecule has 0 saturated carbocycles. The normalized spacial score (nSPS) is 15.9. The predicted octanol–water partition coefficient (Wildman–Crippen LogP) is 3.46. The molecule has 0 N–H and O–H groups in total. The molecule has 32 heavy (non-hydrogen) atoms. The van der Waals surface area contributed by atoms with Crippen molar-refractivity contribution in [1.29, 1.82) is 0 Å². The van der Waals surface area contributed by atoms with Crippen molar-refractivity contribution in [3.05, 3.63) is 47.8 Å². The smallest absolute Gasteiger partial charge is 0.233 e. The van der Waals surface area contributed by atoms with E-state index in [1.165, 1.54) is 17.4 Å². The van der Waals surface area contributed by atoms with E-state index in [-0.39, 0.29) is 24.9 Å². The Morgan fingerprint density at radius 1 is 1.16 bits per heavy atom. The number of halogens is 1. The van der Waals surface area contributed by atoms with Gasteiger partial charge >= 0.3 is 0 Å². The van der Waals surface area contributed by atoms with Crippen molar-refractivity contribution < 1.29 is 23.4 Å². The molecule has 2 aliphatic rings. The third-order valence-electron chi connectivity index (χ3n) is 5.64. The second kappa shape index (κ2) is 9.40. The third kappa shape index (κ3) is 4.55. The summed E-state index contributed by atoms with van der Waals surface area (Å²) >= 11 is 1.34. The van der Waals surface area contributed by atoms with Gasteiger partial charge in [-0.3, -0.25) is 14.6 Å². The topological polar surface area (TPSA) is 64.1 Å². The zero-order valence-electron chi connectivity index (χ0n) is 17.6. The number of hydrogen-bond donors (Lipinski definition) is 0. The van der Waals surface area contributed by atoms with Gasteiger partial charge in [0.15, 0.2) is 16.6 Å². The van der Waals surface area contributed by atoms with E-state index >= 15 is 0 Å². The van der Waals surface area contributed by atoms with Gasteiger partial charge in [0.05, 0.1) is 24.3 Å². The maximum Gasteiger partial charge on any atom is 0.233 e. The number of morpholine rings is 1. The van der Waals surface area contributed by atoms with Crippen LogP contribution in [0.25, 0.3) is 10.2 Å². The van der Waals surface area contributed by atoms with Gasteiger partial charge in [-0.05, 0) is 36.2 Å². The lowest BCUT2D eigenvalue weighted by atomic mass is 10.1. The molecule has 1 aromatic heterocycles. The molecule has 1 saturated heterocycles. The monoisotopic (exact) mass is 457 g/mol. The Morgan fingerprint density at radius 2 is 2.00 bits per heavy atom. The number of aromatic nitrogens is 1. The predicted molar refractivity (Wildman–Crippen MR) is 120 cm³/mol. The quantitative estimate of drug-likeness (QED) is 0.542. The van der Waals surface area contributed by atoms with Crippen LogP contribution < -0.4 is 14.4 Å². The summed E-state index contributed by atoms with van der Waals surface area (Å²) in [6.45, 7) is 4.86. The molecule has 3 aromatic rings. The van der Waals surface area contributed by atoms with Crippen LogP contribution in [0.1, 0.15) is 12.0 Å². The van der Waals surface area contributed by atoms with Gasteiger partial charge < -0.3 is 14.2 Å². The van der Waals surface area contributed by atoms with Gasteiger partial charge in [0.25, 0.3) is 0 Å². The van der Waals surface area contributed by atoms with Crippen LogP contribution in [0.15, 0.2) is 36.4 Å². The zero-order valence-corrected chi connectivity index (χ0v) is 18.4. The molecule has 0 atom stereocenters. The fourth-order valence-electron chi connectivity index (χ4n) is 3.94. The molecule has 9 heteroatoms. The van der Waals surface area contributed by atoms with Crippen LogP contribution in [0.5, 0.6) is 11.5 Å². The second-order valence-corrected chi connectivity index (χ2v) is 8.81. The Kier molecular flexibility index (Phi) is 6.20. The number of fused-ring (bicyclic) bond motifs is 2. The lowest BCUT2D eigenvalue weighted by Crippen LogP contribution is -2.39. The summed E-state index contributed by atoms with van der Waals surface area (Å²) in [5, 5.41) is 0.526. The first-order valence-electron chi connectivity index (χ1n) is 10.7. The SMILES string of the molecule is O=C(Cc1ccc2c(c1)OCO2)N(CCCN1CCOCC1)c1nc2c(F)cccc2s1. The minimum absolute atomic E-state index is 0.0784. The number of hydrogen-bond acceptors (Lipinski definition) is 7. The van der Waals surface area contributed by atoms with Crippen molar-refractivity contribution in [1.82, 2.24) is 9.88 Å². The van der Waals surface area contributed by atoms with E-state index < -0.39 is 0 Å². The van der Waals surface area contributed by atoms with Crippen molar-refractivity contribution >= 4 is 32.6 Å². The summed E-state index contributed by atoms with van der Waals surface area (Å²) in [4.78, 5) is 21.8.